The summed E-state index contributed by atoms with van der Waals surface area (Å²) in [5.74, 6) is 0. The SMILES string of the molecule is O=c1[nH]c2ccccc2n1C1CCN(S(=O)(=O)NCc2ccccc2)CC1. The van der Waals surface area contributed by atoms with Gasteiger partial charge in [-0.15, -0.1) is 0 Å². The molecule has 3 aromatic rings. The molecule has 1 saturated heterocycles. The van der Waals surface area contributed by atoms with Crippen LogP contribution in [-0.2, 0) is 16.8 Å². The molecule has 1 aliphatic rings. The van der Waals surface area contributed by atoms with Gasteiger partial charge in [0.05, 0.1) is 11.0 Å². The highest BCUT2D eigenvalue weighted by Gasteiger charge is 2.29. The molecule has 1 fully saturated rings. The standard InChI is InChI=1S/C19H22N4O3S/c24-19-21-17-8-4-5-9-18(17)23(19)16-10-12-22(13-11-16)27(25,26)20-14-15-6-2-1-3-7-15/h1-9,16,20H,10-14H2,(H,21,24). The fourth-order valence-electron chi connectivity index (χ4n) is 3.64. The molecule has 0 atom stereocenters. The van der Waals surface area contributed by atoms with Crippen LogP contribution in [0.5, 0.6) is 0 Å². The quantitative estimate of drug-likeness (QED) is 0.703. The van der Waals surface area contributed by atoms with Gasteiger partial charge in [-0.05, 0) is 30.5 Å². The van der Waals surface area contributed by atoms with Gasteiger partial charge in [-0.1, -0.05) is 42.5 Å². The number of para-hydroxylation sites is 2. The van der Waals surface area contributed by atoms with Gasteiger partial charge in [-0.25, -0.2) is 4.79 Å². The van der Waals surface area contributed by atoms with Gasteiger partial charge in [0.2, 0.25) is 0 Å². The molecule has 2 aromatic carbocycles. The summed E-state index contributed by atoms with van der Waals surface area (Å²) in [4.78, 5) is 15.2. The first kappa shape index (κ1) is 18.0. The molecular weight excluding hydrogens is 364 g/mol. The molecule has 0 amide bonds. The maximum Gasteiger partial charge on any atom is 0.326 e. The first-order valence-electron chi connectivity index (χ1n) is 9.02. The molecule has 7 nitrogen and oxygen atoms in total. The monoisotopic (exact) mass is 386 g/mol. The van der Waals surface area contributed by atoms with Crippen LogP contribution in [0, 0.1) is 0 Å². The van der Waals surface area contributed by atoms with Gasteiger partial charge in [0, 0.05) is 25.7 Å². The van der Waals surface area contributed by atoms with Crippen LogP contribution in [0.1, 0.15) is 24.4 Å². The van der Waals surface area contributed by atoms with Crippen LogP contribution in [-0.4, -0.2) is 35.4 Å². The lowest BCUT2D eigenvalue weighted by Gasteiger charge is -2.31. The summed E-state index contributed by atoms with van der Waals surface area (Å²) in [7, 11) is -3.54. The average Bonchev–Trinajstić information content (AvgIpc) is 3.03. The number of aromatic amines is 1. The summed E-state index contributed by atoms with van der Waals surface area (Å²) >= 11 is 0. The summed E-state index contributed by atoms with van der Waals surface area (Å²) in [6.45, 7) is 1.05. The number of rotatable bonds is 5. The molecule has 27 heavy (non-hydrogen) atoms. The molecule has 0 aliphatic carbocycles. The largest absolute Gasteiger partial charge is 0.326 e. The van der Waals surface area contributed by atoms with Crippen LogP contribution in [0.2, 0.25) is 0 Å². The predicted molar refractivity (Wildman–Crippen MR) is 105 cm³/mol. The van der Waals surface area contributed by atoms with Gasteiger partial charge >= 0.3 is 5.69 Å². The van der Waals surface area contributed by atoms with Crippen LogP contribution in [0.3, 0.4) is 0 Å². The summed E-state index contributed by atoms with van der Waals surface area (Å²) in [6.07, 6.45) is 1.21. The van der Waals surface area contributed by atoms with E-state index in [4.69, 9.17) is 0 Å². The molecule has 0 spiro atoms. The number of hydrogen-bond acceptors (Lipinski definition) is 3. The van der Waals surface area contributed by atoms with E-state index < -0.39 is 10.2 Å². The third-order valence-corrected chi connectivity index (χ3v) is 6.61. The summed E-state index contributed by atoms with van der Waals surface area (Å²) in [6, 6.07) is 17.0. The van der Waals surface area contributed by atoms with Gasteiger partial charge in [0.25, 0.3) is 10.2 Å². The molecule has 2 N–H and O–H groups in total. The van der Waals surface area contributed by atoms with Crippen LogP contribution >= 0.6 is 0 Å². The number of aromatic nitrogens is 2. The van der Waals surface area contributed by atoms with Gasteiger partial charge in [-0.2, -0.15) is 17.4 Å². The lowest BCUT2D eigenvalue weighted by atomic mass is 10.1. The highest BCUT2D eigenvalue weighted by molar-refractivity contribution is 7.87. The van der Waals surface area contributed by atoms with Crippen LogP contribution in [0.15, 0.2) is 59.4 Å². The first-order valence-corrected chi connectivity index (χ1v) is 10.5. The normalized spacial score (nSPS) is 16.7. The van der Waals surface area contributed by atoms with Crippen molar-refractivity contribution in [2.45, 2.75) is 25.4 Å². The van der Waals surface area contributed by atoms with E-state index in [-0.39, 0.29) is 18.3 Å². The number of nitrogens with one attached hydrogen (secondary N) is 2. The highest BCUT2D eigenvalue weighted by atomic mass is 32.2. The summed E-state index contributed by atoms with van der Waals surface area (Å²) in [5.41, 5.74) is 2.45. The van der Waals surface area contributed by atoms with E-state index in [0.29, 0.717) is 25.9 Å². The Balaban J connectivity index is 1.44. The van der Waals surface area contributed by atoms with Crippen molar-refractivity contribution in [2.24, 2.45) is 0 Å². The highest BCUT2D eigenvalue weighted by Crippen LogP contribution is 2.25. The second-order valence-corrected chi connectivity index (χ2v) is 8.51. The Morgan fingerprint density at radius 2 is 1.67 bits per heavy atom. The second-order valence-electron chi connectivity index (χ2n) is 6.76. The number of hydrogen-bond donors (Lipinski definition) is 2. The van der Waals surface area contributed by atoms with Crippen LogP contribution in [0.4, 0.5) is 0 Å². The molecule has 1 aliphatic heterocycles. The summed E-state index contributed by atoms with van der Waals surface area (Å²) in [5, 5.41) is 0. The Hall–Kier alpha value is -2.42. The minimum absolute atomic E-state index is 0.00535. The number of piperidine rings is 1. The number of fused-ring (bicyclic) bond motifs is 1. The Morgan fingerprint density at radius 1 is 1.00 bits per heavy atom. The third-order valence-electron chi connectivity index (χ3n) is 5.05. The Labute approximate surface area is 157 Å². The van der Waals surface area contributed by atoms with E-state index >= 15 is 0 Å². The Bertz CT molecular complexity index is 1080. The molecule has 0 bridgehead atoms. The van der Waals surface area contributed by atoms with Crippen LogP contribution < -0.4 is 10.4 Å². The molecule has 1 aromatic heterocycles. The topological polar surface area (TPSA) is 87.2 Å². The van der Waals surface area contributed by atoms with Gasteiger partial charge in [0.1, 0.15) is 0 Å². The van der Waals surface area contributed by atoms with E-state index in [1.807, 2.05) is 54.6 Å². The molecule has 0 radical (unpaired) electrons. The predicted octanol–water partition coefficient (Wildman–Crippen LogP) is 2.00. The zero-order valence-corrected chi connectivity index (χ0v) is 15.7. The van der Waals surface area contributed by atoms with Gasteiger partial charge < -0.3 is 4.98 Å². The first-order chi connectivity index (χ1) is 13.0. The molecule has 0 saturated carbocycles. The fraction of sp³-hybridized carbons (Fsp3) is 0.316. The molecule has 2 heterocycles. The van der Waals surface area contributed by atoms with Crippen molar-refractivity contribution in [2.75, 3.05) is 13.1 Å². The second kappa shape index (κ2) is 7.30. The minimum Gasteiger partial charge on any atom is -0.306 e. The van der Waals surface area contributed by atoms with E-state index in [1.54, 1.807) is 4.57 Å². The van der Waals surface area contributed by atoms with Crippen molar-refractivity contribution in [3.05, 3.63) is 70.6 Å². The van der Waals surface area contributed by atoms with Gasteiger partial charge in [-0.3, -0.25) is 4.57 Å². The van der Waals surface area contributed by atoms with Crippen molar-refractivity contribution in [1.29, 1.82) is 0 Å². The number of H-pyrrole nitrogens is 1. The van der Waals surface area contributed by atoms with Crippen molar-refractivity contribution >= 4 is 21.2 Å². The molecule has 142 valence electrons. The third kappa shape index (κ3) is 3.69. The maximum absolute atomic E-state index is 12.6. The minimum atomic E-state index is -3.54. The number of imidazole rings is 1. The van der Waals surface area contributed by atoms with E-state index in [0.717, 1.165) is 16.6 Å². The zero-order valence-electron chi connectivity index (χ0n) is 14.8. The average molecular weight is 386 g/mol. The molecule has 8 heteroatoms. The smallest absolute Gasteiger partial charge is 0.306 e. The van der Waals surface area contributed by atoms with E-state index in [1.165, 1.54) is 4.31 Å². The maximum atomic E-state index is 12.6. The van der Waals surface area contributed by atoms with E-state index in [2.05, 4.69) is 9.71 Å². The Morgan fingerprint density at radius 3 is 2.41 bits per heavy atom. The fourth-order valence-corrected chi connectivity index (χ4v) is 4.86. The van der Waals surface area contributed by atoms with Gasteiger partial charge in [0.15, 0.2) is 0 Å². The lowest BCUT2D eigenvalue weighted by Crippen LogP contribution is -2.45. The molecular formula is C19H22N4O3S. The molecule has 0 unspecified atom stereocenters. The number of nitrogens with zero attached hydrogens (tertiary/aromatic N) is 2. The van der Waals surface area contributed by atoms with E-state index in [9.17, 15) is 13.2 Å². The Kier molecular flexibility index (Phi) is 4.86. The van der Waals surface area contributed by atoms with Crippen LogP contribution in [0.25, 0.3) is 11.0 Å². The van der Waals surface area contributed by atoms with Crippen molar-refractivity contribution in [3.8, 4) is 0 Å². The lowest BCUT2D eigenvalue weighted by molar-refractivity contribution is 0.271. The van der Waals surface area contributed by atoms with Crippen molar-refractivity contribution in [1.82, 2.24) is 18.6 Å². The molecule has 4 rings (SSSR count). The number of benzene rings is 2. The van der Waals surface area contributed by atoms with Crippen molar-refractivity contribution < 1.29 is 8.42 Å². The summed E-state index contributed by atoms with van der Waals surface area (Å²) < 4.78 is 31.0. The zero-order chi connectivity index (χ0) is 18.9. The van der Waals surface area contributed by atoms with Crippen molar-refractivity contribution in [3.63, 3.8) is 0 Å².